The average molecular weight is 286 g/mol. The van der Waals surface area contributed by atoms with E-state index in [0.29, 0.717) is 24.5 Å². The maximum atomic E-state index is 12.5. The Morgan fingerprint density at radius 3 is 2.53 bits per heavy atom. The van der Waals surface area contributed by atoms with Gasteiger partial charge in [-0.3, -0.25) is 0 Å². The van der Waals surface area contributed by atoms with Crippen molar-refractivity contribution in [3.8, 4) is 0 Å². The van der Waals surface area contributed by atoms with Crippen LogP contribution in [0.5, 0.6) is 0 Å². The van der Waals surface area contributed by atoms with Gasteiger partial charge in [0.2, 0.25) is 10.0 Å². The molecule has 2 saturated carbocycles. The normalized spacial score (nSPS) is 33.1. The number of sulfonamides is 1. The van der Waals surface area contributed by atoms with E-state index in [4.69, 9.17) is 0 Å². The van der Waals surface area contributed by atoms with Gasteiger partial charge in [-0.15, -0.1) is 0 Å². The van der Waals surface area contributed by atoms with Gasteiger partial charge in [-0.05, 0) is 44.4 Å². The number of rotatable bonds is 5. The molecule has 0 bridgehead atoms. The number of nitrogens with one attached hydrogen (secondary N) is 1. The Hall–Kier alpha value is -0.130. The fourth-order valence-corrected chi connectivity index (χ4v) is 5.43. The first kappa shape index (κ1) is 13.8. The summed E-state index contributed by atoms with van der Waals surface area (Å²) in [5, 5.41) is 3.32. The highest BCUT2D eigenvalue weighted by Gasteiger charge is 2.39. The molecule has 0 amide bonds. The monoisotopic (exact) mass is 286 g/mol. The number of fused-ring (bicyclic) bond motifs is 1. The Morgan fingerprint density at radius 2 is 1.74 bits per heavy atom. The molecule has 1 heterocycles. The van der Waals surface area contributed by atoms with Crippen LogP contribution in [-0.4, -0.2) is 43.6 Å². The molecule has 1 aliphatic heterocycles. The van der Waals surface area contributed by atoms with Crippen LogP contribution in [0.2, 0.25) is 0 Å². The van der Waals surface area contributed by atoms with Crippen molar-refractivity contribution in [1.82, 2.24) is 9.62 Å². The SMILES string of the molecule is O=S(=O)(CCNC1CC1)N1CCC[C@H]2CCCC[C@H]21. The molecule has 2 aliphatic carbocycles. The molecular formula is C14H26N2O2S. The zero-order chi connectivity index (χ0) is 13.3. The number of hydrogen-bond donors (Lipinski definition) is 1. The van der Waals surface area contributed by atoms with Crippen molar-refractivity contribution in [2.45, 2.75) is 63.5 Å². The Kier molecular flexibility index (Phi) is 4.15. The lowest BCUT2D eigenvalue weighted by Gasteiger charge is -2.43. The Bertz CT molecular complexity index is 404. The third kappa shape index (κ3) is 3.31. The summed E-state index contributed by atoms with van der Waals surface area (Å²) in [5.41, 5.74) is 0. The largest absolute Gasteiger partial charge is 0.313 e. The highest BCUT2D eigenvalue weighted by Crippen LogP contribution is 2.36. The van der Waals surface area contributed by atoms with Gasteiger partial charge in [0.15, 0.2) is 0 Å². The maximum Gasteiger partial charge on any atom is 0.215 e. The first-order chi connectivity index (χ1) is 9.17. The van der Waals surface area contributed by atoms with Gasteiger partial charge >= 0.3 is 0 Å². The van der Waals surface area contributed by atoms with Crippen molar-refractivity contribution >= 4 is 10.0 Å². The Balaban J connectivity index is 1.60. The fourth-order valence-electron chi connectivity index (χ4n) is 3.72. The molecule has 0 spiro atoms. The van der Waals surface area contributed by atoms with Crippen molar-refractivity contribution in [3.05, 3.63) is 0 Å². The van der Waals surface area contributed by atoms with Gasteiger partial charge in [0, 0.05) is 25.2 Å². The second-order valence-corrected chi connectivity index (χ2v) is 8.45. The van der Waals surface area contributed by atoms with Crippen LogP contribution in [0, 0.1) is 5.92 Å². The third-order valence-corrected chi connectivity index (χ3v) is 6.81. The Labute approximate surface area is 117 Å². The number of piperidine rings is 1. The fraction of sp³-hybridized carbons (Fsp3) is 1.00. The van der Waals surface area contributed by atoms with E-state index in [2.05, 4.69) is 5.32 Å². The standard InChI is InChI=1S/C14H26N2O2S/c17-19(18,11-9-15-13-7-8-13)16-10-3-5-12-4-1-2-6-14(12)16/h12-15H,1-11H2/t12-,14-/m1/s1. The summed E-state index contributed by atoms with van der Waals surface area (Å²) in [6, 6.07) is 0.910. The minimum absolute atomic E-state index is 0.284. The van der Waals surface area contributed by atoms with Gasteiger partial charge in [0.05, 0.1) is 5.75 Å². The van der Waals surface area contributed by atoms with E-state index in [1.807, 2.05) is 4.31 Å². The molecule has 0 aromatic heterocycles. The predicted molar refractivity (Wildman–Crippen MR) is 76.5 cm³/mol. The highest BCUT2D eigenvalue weighted by atomic mass is 32.2. The molecule has 5 heteroatoms. The van der Waals surface area contributed by atoms with E-state index < -0.39 is 10.0 Å². The summed E-state index contributed by atoms with van der Waals surface area (Å²) in [6.07, 6.45) is 9.53. The lowest BCUT2D eigenvalue weighted by atomic mass is 9.79. The van der Waals surface area contributed by atoms with Crippen molar-refractivity contribution in [3.63, 3.8) is 0 Å². The van der Waals surface area contributed by atoms with Crippen LogP contribution in [0.3, 0.4) is 0 Å². The van der Waals surface area contributed by atoms with Crippen molar-refractivity contribution in [1.29, 1.82) is 0 Å². The second kappa shape index (κ2) is 5.70. The van der Waals surface area contributed by atoms with Crippen LogP contribution in [-0.2, 0) is 10.0 Å². The number of nitrogens with zero attached hydrogens (tertiary/aromatic N) is 1. The van der Waals surface area contributed by atoms with E-state index in [-0.39, 0.29) is 5.75 Å². The maximum absolute atomic E-state index is 12.5. The van der Waals surface area contributed by atoms with Crippen LogP contribution in [0.4, 0.5) is 0 Å². The van der Waals surface area contributed by atoms with E-state index in [1.54, 1.807) is 0 Å². The van der Waals surface area contributed by atoms with Crippen LogP contribution in [0.15, 0.2) is 0 Å². The summed E-state index contributed by atoms with van der Waals surface area (Å²) in [5.74, 6) is 0.917. The van der Waals surface area contributed by atoms with Crippen LogP contribution in [0.1, 0.15) is 51.4 Å². The highest BCUT2D eigenvalue weighted by molar-refractivity contribution is 7.89. The molecular weight excluding hydrogens is 260 g/mol. The van der Waals surface area contributed by atoms with Crippen LogP contribution in [0.25, 0.3) is 0 Å². The van der Waals surface area contributed by atoms with Gasteiger partial charge in [0.25, 0.3) is 0 Å². The van der Waals surface area contributed by atoms with Crippen LogP contribution < -0.4 is 5.32 Å². The quantitative estimate of drug-likeness (QED) is 0.837. The molecule has 2 atom stereocenters. The molecule has 4 nitrogen and oxygen atoms in total. The van der Waals surface area contributed by atoms with E-state index in [9.17, 15) is 8.42 Å². The molecule has 1 saturated heterocycles. The molecule has 19 heavy (non-hydrogen) atoms. The molecule has 0 unspecified atom stereocenters. The molecule has 0 aromatic carbocycles. The Morgan fingerprint density at radius 1 is 1.00 bits per heavy atom. The second-order valence-electron chi connectivity index (χ2n) is 6.41. The lowest BCUT2D eigenvalue weighted by Crippen LogP contribution is -2.51. The first-order valence-electron chi connectivity index (χ1n) is 7.90. The van der Waals surface area contributed by atoms with E-state index in [0.717, 1.165) is 19.4 Å². The molecule has 0 radical (unpaired) electrons. The molecule has 3 aliphatic rings. The van der Waals surface area contributed by atoms with Gasteiger partial charge in [-0.1, -0.05) is 12.8 Å². The predicted octanol–water partition coefficient (Wildman–Crippen LogP) is 1.72. The summed E-state index contributed by atoms with van der Waals surface area (Å²) in [7, 11) is -3.05. The summed E-state index contributed by atoms with van der Waals surface area (Å²) >= 11 is 0. The molecule has 110 valence electrons. The average Bonchev–Trinajstić information content (AvgIpc) is 3.22. The van der Waals surface area contributed by atoms with Gasteiger partial charge < -0.3 is 5.32 Å². The van der Waals surface area contributed by atoms with E-state index >= 15 is 0 Å². The topological polar surface area (TPSA) is 49.4 Å². The summed E-state index contributed by atoms with van der Waals surface area (Å²) in [4.78, 5) is 0. The van der Waals surface area contributed by atoms with Crippen molar-refractivity contribution in [2.24, 2.45) is 5.92 Å². The zero-order valence-electron chi connectivity index (χ0n) is 11.7. The van der Waals surface area contributed by atoms with Gasteiger partial charge in [-0.25, -0.2) is 8.42 Å². The van der Waals surface area contributed by atoms with Crippen LogP contribution >= 0.6 is 0 Å². The molecule has 0 aromatic rings. The first-order valence-corrected chi connectivity index (χ1v) is 9.50. The van der Waals surface area contributed by atoms with Gasteiger partial charge in [-0.2, -0.15) is 4.31 Å². The smallest absolute Gasteiger partial charge is 0.215 e. The van der Waals surface area contributed by atoms with Gasteiger partial charge in [0.1, 0.15) is 0 Å². The van der Waals surface area contributed by atoms with Crippen molar-refractivity contribution < 1.29 is 8.42 Å². The van der Waals surface area contributed by atoms with E-state index in [1.165, 1.54) is 38.5 Å². The summed E-state index contributed by atoms with van der Waals surface area (Å²) in [6.45, 7) is 1.38. The summed E-state index contributed by atoms with van der Waals surface area (Å²) < 4.78 is 26.9. The molecule has 3 fully saturated rings. The lowest BCUT2D eigenvalue weighted by molar-refractivity contribution is 0.129. The zero-order valence-corrected chi connectivity index (χ0v) is 12.5. The molecule has 3 rings (SSSR count). The third-order valence-electron chi connectivity index (χ3n) is 4.92. The minimum Gasteiger partial charge on any atom is -0.313 e. The van der Waals surface area contributed by atoms with Crippen molar-refractivity contribution in [2.75, 3.05) is 18.8 Å². The minimum atomic E-state index is -3.05. The number of hydrogen-bond acceptors (Lipinski definition) is 3. The molecule has 1 N–H and O–H groups in total.